The zero-order valence-electron chi connectivity index (χ0n) is 25.1. The Kier molecular flexibility index (Phi) is 10.6. The Balaban J connectivity index is 0.000000237. The molecule has 0 amide bonds. The van der Waals surface area contributed by atoms with Crippen LogP contribution in [-0.2, 0) is 19.0 Å². The van der Waals surface area contributed by atoms with Crippen molar-refractivity contribution in [2.45, 2.75) is 45.9 Å². The maximum absolute atomic E-state index is 13.2. The summed E-state index contributed by atoms with van der Waals surface area (Å²) in [7, 11) is 1.50. The third-order valence-corrected chi connectivity index (χ3v) is 6.62. The number of hydrogen-bond acceptors (Lipinski definition) is 8. The minimum absolute atomic E-state index is 0.0550. The van der Waals surface area contributed by atoms with Crippen molar-refractivity contribution in [2.75, 3.05) is 7.11 Å². The van der Waals surface area contributed by atoms with E-state index in [9.17, 15) is 48.7 Å². The summed E-state index contributed by atoms with van der Waals surface area (Å²) in [4.78, 5) is 11.8. The third kappa shape index (κ3) is 8.33. The zero-order chi connectivity index (χ0) is 36.3. The third-order valence-electron chi connectivity index (χ3n) is 6.62. The molecule has 4 heterocycles. The van der Waals surface area contributed by atoms with Crippen LogP contribution in [0.3, 0.4) is 0 Å². The molecule has 0 aliphatic rings. The lowest BCUT2D eigenvalue weighted by atomic mass is 10.1. The molecule has 21 heteroatoms. The first-order valence-corrected chi connectivity index (χ1v) is 13.4. The van der Waals surface area contributed by atoms with Gasteiger partial charge in [0.05, 0.1) is 19.5 Å². The second-order valence-electron chi connectivity index (χ2n) is 9.86. The smallest absolute Gasteiger partial charge is 0.435 e. The van der Waals surface area contributed by atoms with Crippen LogP contribution in [0.4, 0.5) is 43.9 Å². The highest BCUT2D eigenvalue weighted by Gasteiger charge is 2.38. The minimum atomic E-state index is -4.75. The number of rotatable bonds is 8. The molecule has 0 saturated heterocycles. The number of ether oxygens (including phenoxy) is 2. The number of nitrogens with zero attached hydrogens (tertiary/aromatic N) is 7. The molecule has 0 aliphatic heterocycles. The SMILES string of the molecule is COc1ccc(COc2c(-c3cnn(C(F)F)c3)nnc(C(F)(F)F)c2C)cc1.Cc1c(C(F)(F)F)[nH]nc(-c2cnn(C(F)F)c2)c1=O. The molecule has 0 fully saturated rings. The Morgan fingerprint density at radius 2 is 1.35 bits per heavy atom. The number of alkyl halides is 10. The average Bonchev–Trinajstić information content (AvgIpc) is 3.72. The van der Waals surface area contributed by atoms with Gasteiger partial charge in [-0.25, -0.2) is 9.36 Å². The number of hydrogen-bond donors (Lipinski definition) is 1. The number of aromatic nitrogens is 8. The lowest BCUT2D eigenvalue weighted by molar-refractivity contribution is -0.143. The molecule has 49 heavy (non-hydrogen) atoms. The van der Waals surface area contributed by atoms with E-state index in [1.54, 1.807) is 29.4 Å². The molecule has 262 valence electrons. The van der Waals surface area contributed by atoms with Crippen LogP contribution in [-0.4, -0.2) is 47.1 Å². The van der Waals surface area contributed by atoms with Gasteiger partial charge in [0, 0.05) is 34.6 Å². The van der Waals surface area contributed by atoms with Crippen LogP contribution < -0.4 is 14.9 Å². The number of H-pyrrole nitrogens is 1. The van der Waals surface area contributed by atoms with Crippen LogP contribution in [0.25, 0.3) is 22.5 Å². The first-order valence-electron chi connectivity index (χ1n) is 13.4. The van der Waals surface area contributed by atoms with Crippen LogP contribution in [0.1, 0.15) is 41.2 Å². The Labute approximate surface area is 268 Å². The lowest BCUT2D eigenvalue weighted by Gasteiger charge is -2.16. The van der Waals surface area contributed by atoms with Gasteiger partial charge in [-0.15, -0.1) is 10.2 Å². The van der Waals surface area contributed by atoms with Crippen molar-refractivity contribution in [3.05, 3.63) is 87.4 Å². The van der Waals surface area contributed by atoms with Gasteiger partial charge in [-0.1, -0.05) is 12.1 Å². The highest BCUT2D eigenvalue weighted by Crippen LogP contribution is 2.38. The van der Waals surface area contributed by atoms with Gasteiger partial charge >= 0.3 is 25.5 Å². The monoisotopic (exact) mass is 708 g/mol. The second kappa shape index (κ2) is 14.3. The van der Waals surface area contributed by atoms with Gasteiger partial charge in [-0.05, 0) is 31.5 Å². The number of benzene rings is 1. The maximum Gasteiger partial charge on any atom is 0.435 e. The summed E-state index contributed by atoms with van der Waals surface area (Å²) in [6.45, 7) is -3.75. The van der Waals surface area contributed by atoms with Gasteiger partial charge in [0.15, 0.2) is 11.4 Å². The Hall–Kier alpha value is -5.50. The molecule has 0 unspecified atom stereocenters. The maximum atomic E-state index is 13.2. The fourth-order valence-electron chi connectivity index (χ4n) is 4.16. The molecule has 0 spiro atoms. The number of halogens is 10. The van der Waals surface area contributed by atoms with Crippen molar-refractivity contribution in [1.82, 2.24) is 40.0 Å². The van der Waals surface area contributed by atoms with Crippen molar-refractivity contribution >= 4 is 0 Å². The van der Waals surface area contributed by atoms with E-state index in [1.165, 1.54) is 14.0 Å². The molecule has 0 bridgehead atoms. The fraction of sp³-hybridized carbons (Fsp3) is 0.286. The summed E-state index contributed by atoms with van der Waals surface area (Å²) >= 11 is 0. The van der Waals surface area contributed by atoms with Gasteiger partial charge < -0.3 is 9.47 Å². The van der Waals surface area contributed by atoms with Crippen LogP contribution in [0.15, 0.2) is 53.8 Å². The molecule has 0 atom stereocenters. The van der Waals surface area contributed by atoms with Crippen molar-refractivity contribution in [2.24, 2.45) is 0 Å². The molecule has 1 N–H and O–H groups in total. The fourth-order valence-corrected chi connectivity index (χ4v) is 4.16. The summed E-state index contributed by atoms with van der Waals surface area (Å²) in [5.41, 5.74) is -4.27. The normalized spacial score (nSPS) is 11.9. The van der Waals surface area contributed by atoms with Crippen molar-refractivity contribution in [3.8, 4) is 34.0 Å². The van der Waals surface area contributed by atoms with Crippen LogP contribution in [0, 0.1) is 13.8 Å². The molecule has 5 aromatic rings. The Morgan fingerprint density at radius 3 is 1.82 bits per heavy atom. The minimum Gasteiger partial charge on any atom is -0.497 e. The van der Waals surface area contributed by atoms with E-state index in [0.717, 1.165) is 31.7 Å². The molecule has 5 rings (SSSR count). The zero-order valence-corrected chi connectivity index (χ0v) is 25.1. The number of nitrogens with one attached hydrogen (secondary N) is 1. The second-order valence-corrected chi connectivity index (χ2v) is 9.86. The van der Waals surface area contributed by atoms with Gasteiger partial charge in [0.25, 0.3) is 0 Å². The van der Waals surface area contributed by atoms with E-state index in [1.807, 2.05) is 0 Å². The lowest BCUT2D eigenvalue weighted by Crippen LogP contribution is -2.21. The molecule has 1 aromatic carbocycles. The first-order chi connectivity index (χ1) is 22.9. The van der Waals surface area contributed by atoms with Crippen molar-refractivity contribution < 1.29 is 53.4 Å². The molecule has 0 saturated carbocycles. The molecular weight excluding hydrogens is 686 g/mol. The van der Waals surface area contributed by atoms with Crippen LogP contribution in [0.2, 0.25) is 0 Å². The highest BCUT2D eigenvalue weighted by molar-refractivity contribution is 5.67. The number of methoxy groups -OCH3 is 1. The van der Waals surface area contributed by atoms with Crippen LogP contribution >= 0.6 is 0 Å². The van der Waals surface area contributed by atoms with Gasteiger partial charge in [-0.3, -0.25) is 9.89 Å². The average molecular weight is 709 g/mol. The molecule has 4 aromatic heterocycles. The van der Waals surface area contributed by atoms with E-state index in [0.29, 0.717) is 16.0 Å². The van der Waals surface area contributed by atoms with E-state index in [2.05, 4.69) is 25.5 Å². The predicted molar refractivity (Wildman–Crippen MR) is 149 cm³/mol. The van der Waals surface area contributed by atoms with Gasteiger partial charge in [0.2, 0.25) is 5.43 Å². The Morgan fingerprint density at radius 1 is 0.796 bits per heavy atom. The standard InChI is InChI=1S/C18H15F5N4O2.C10H7F5N4O/c1-10-15(29-9-11-3-5-13(28-2)6-4-11)14(25-26-16(10)18(21,22)23)12-7-24-27(8-12)17(19)20;1-4-7(20)6(17-18-8(4)10(13,14)15)5-2-16-19(3-5)9(11)12/h3-8,17H,9H2,1-2H3;2-3,9H,1H3,(H,18,20). The topological polar surface area (TPSA) is 126 Å². The van der Waals surface area contributed by atoms with Crippen molar-refractivity contribution in [3.63, 3.8) is 0 Å². The Bertz CT molecular complexity index is 1950. The van der Waals surface area contributed by atoms with Gasteiger partial charge in [0.1, 0.15) is 29.4 Å². The molecule has 0 aliphatic carbocycles. The summed E-state index contributed by atoms with van der Waals surface area (Å²) in [5.74, 6) is 0.395. The quantitative estimate of drug-likeness (QED) is 0.171. The number of aromatic amines is 1. The molecule has 11 nitrogen and oxygen atoms in total. The van der Waals surface area contributed by atoms with E-state index in [4.69, 9.17) is 9.47 Å². The molecular formula is C28H22F10N8O3. The highest BCUT2D eigenvalue weighted by atomic mass is 19.4. The predicted octanol–water partition coefficient (Wildman–Crippen LogP) is 7.01. The van der Waals surface area contributed by atoms with Crippen LogP contribution in [0.5, 0.6) is 11.5 Å². The van der Waals surface area contributed by atoms with Crippen molar-refractivity contribution in [1.29, 1.82) is 0 Å². The largest absolute Gasteiger partial charge is 0.497 e. The summed E-state index contributed by atoms with van der Waals surface area (Å²) in [6, 6.07) is 6.71. The summed E-state index contributed by atoms with van der Waals surface area (Å²) < 4.78 is 139. The molecule has 0 radical (unpaired) electrons. The first kappa shape index (κ1) is 36.3. The van der Waals surface area contributed by atoms with Gasteiger partial charge in [-0.2, -0.15) is 59.2 Å². The van der Waals surface area contributed by atoms with E-state index >= 15 is 0 Å². The summed E-state index contributed by atoms with van der Waals surface area (Å²) in [5, 5.41) is 18.6. The van der Waals surface area contributed by atoms with E-state index < -0.39 is 53.5 Å². The van der Waals surface area contributed by atoms with E-state index in [-0.39, 0.29) is 39.4 Å². The summed E-state index contributed by atoms with van der Waals surface area (Å²) in [6.07, 6.45) is -5.72.